The maximum absolute atomic E-state index is 13.3. The van der Waals surface area contributed by atoms with E-state index in [0.717, 1.165) is 10.7 Å². The maximum atomic E-state index is 13.3. The lowest BCUT2D eigenvalue weighted by Gasteiger charge is -2.13. The Bertz CT molecular complexity index is 1070. The lowest BCUT2D eigenvalue weighted by molar-refractivity contribution is 0.0511. The number of aromatic nitrogens is 2. The lowest BCUT2D eigenvalue weighted by atomic mass is 10.2. The van der Waals surface area contributed by atoms with Crippen LogP contribution >= 0.6 is 11.6 Å². The van der Waals surface area contributed by atoms with E-state index in [1.165, 1.54) is 18.2 Å². The van der Waals surface area contributed by atoms with Crippen molar-refractivity contribution in [3.8, 4) is 11.4 Å². The van der Waals surface area contributed by atoms with Crippen LogP contribution in [0.5, 0.6) is 5.75 Å². The number of nitrogens with zero attached hydrogens (tertiary/aromatic N) is 2. The molecule has 0 saturated carbocycles. The van der Waals surface area contributed by atoms with E-state index in [9.17, 15) is 14.0 Å². The number of para-hydroxylation sites is 1. The lowest BCUT2D eigenvalue weighted by Crippen LogP contribution is -2.25. The molecule has 0 unspecified atom stereocenters. The van der Waals surface area contributed by atoms with Crippen LogP contribution in [0.3, 0.4) is 0 Å². The molecule has 0 bridgehead atoms. The summed E-state index contributed by atoms with van der Waals surface area (Å²) in [6.07, 6.45) is 0. The molecule has 0 aliphatic heterocycles. The number of halogens is 2. The average Bonchev–Trinajstić information content (AvgIpc) is 2.67. The van der Waals surface area contributed by atoms with Gasteiger partial charge in [-0.05, 0) is 36.8 Å². The van der Waals surface area contributed by atoms with Crippen LogP contribution in [-0.4, -0.2) is 22.4 Å². The Kier molecular flexibility index (Phi) is 6.06. The minimum absolute atomic E-state index is 0.0542. The highest BCUT2D eigenvalue weighted by atomic mass is 35.5. The predicted octanol–water partition coefficient (Wildman–Crippen LogP) is 3.78. The van der Waals surface area contributed by atoms with Gasteiger partial charge in [-0.3, -0.25) is 4.79 Å². The monoisotopic (exact) mass is 402 g/mol. The van der Waals surface area contributed by atoms with E-state index in [4.69, 9.17) is 21.1 Å². The molecular weight excluding hydrogens is 387 g/mol. The van der Waals surface area contributed by atoms with Gasteiger partial charge < -0.3 is 9.47 Å². The molecular formula is C20H16ClFN2O4. The van der Waals surface area contributed by atoms with E-state index in [1.807, 2.05) is 0 Å². The summed E-state index contributed by atoms with van der Waals surface area (Å²) in [5.74, 6) is -1.23. The molecule has 6 nitrogen and oxygen atoms in total. The molecule has 1 aromatic heterocycles. The van der Waals surface area contributed by atoms with Crippen LogP contribution < -0.4 is 10.3 Å². The Hall–Kier alpha value is -3.19. The molecule has 1 heterocycles. The van der Waals surface area contributed by atoms with Crippen molar-refractivity contribution in [1.82, 2.24) is 9.78 Å². The van der Waals surface area contributed by atoms with Gasteiger partial charge >= 0.3 is 5.97 Å². The topological polar surface area (TPSA) is 70.4 Å². The Balaban J connectivity index is 2.01. The van der Waals surface area contributed by atoms with Gasteiger partial charge in [-0.25, -0.2) is 9.18 Å². The Labute approximate surface area is 165 Å². The minimum atomic E-state index is -0.752. The third kappa shape index (κ3) is 4.37. The number of carbonyl (C=O) groups is 1. The highest BCUT2D eigenvalue weighted by molar-refractivity contribution is 6.32. The molecule has 0 spiro atoms. The second-order valence-corrected chi connectivity index (χ2v) is 6.10. The van der Waals surface area contributed by atoms with E-state index >= 15 is 0 Å². The number of esters is 1. The molecule has 8 heteroatoms. The predicted molar refractivity (Wildman–Crippen MR) is 102 cm³/mol. The summed E-state index contributed by atoms with van der Waals surface area (Å²) < 4.78 is 24.9. The number of hydrogen-bond acceptors (Lipinski definition) is 5. The SMILES string of the molecule is CCOC(=O)c1nn(-c2ccccc2Cl)c(=O)cc1OCc1cccc(F)c1. The Morgan fingerprint density at radius 1 is 1.18 bits per heavy atom. The summed E-state index contributed by atoms with van der Waals surface area (Å²) in [6.45, 7) is 1.71. The van der Waals surface area contributed by atoms with Crippen molar-refractivity contribution >= 4 is 17.6 Å². The number of benzene rings is 2. The molecule has 0 amide bonds. The highest BCUT2D eigenvalue weighted by Crippen LogP contribution is 2.21. The van der Waals surface area contributed by atoms with Crippen molar-refractivity contribution in [1.29, 1.82) is 0 Å². The van der Waals surface area contributed by atoms with E-state index < -0.39 is 17.3 Å². The van der Waals surface area contributed by atoms with E-state index in [1.54, 1.807) is 37.3 Å². The van der Waals surface area contributed by atoms with Crippen molar-refractivity contribution in [2.75, 3.05) is 6.61 Å². The van der Waals surface area contributed by atoms with Crippen LogP contribution in [0.15, 0.2) is 59.4 Å². The molecule has 144 valence electrons. The van der Waals surface area contributed by atoms with Crippen LogP contribution in [0.4, 0.5) is 4.39 Å². The normalized spacial score (nSPS) is 10.5. The first-order valence-corrected chi connectivity index (χ1v) is 8.81. The van der Waals surface area contributed by atoms with E-state index in [2.05, 4.69) is 5.10 Å². The van der Waals surface area contributed by atoms with Crippen LogP contribution in [0.25, 0.3) is 5.69 Å². The first-order valence-electron chi connectivity index (χ1n) is 8.43. The summed E-state index contributed by atoms with van der Waals surface area (Å²) in [6, 6.07) is 13.5. The molecule has 0 aliphatic rings. The zero-order valence-corrected chi connectivity index (χ0v) is 15.6. The fraction of sp³-hybridized carbons (Fsp3) is 0.150. The van der Waals surface area contributed by atoms with E-state index in [0.29, 0.717) is 16.3 Å². The Morgan fingerprint density at radius 3 is 2.68 bits per heavy atom. The summed E-state index contributed by atoms with van der Waals surface area (Å²) in [7, 11) is 0. The molecule has 0 radical (unpaired) electrons. The van der Waals surface area contributed by atoms with Crippen LogP contribution in [0.2, 0.25) is 5.02 Å². The average molecular weight is 403 g/mol. The quantitative estimate of drug-likeness (QED) is 0.587. The van der Waals surface area contributed by atoms with Gasteiger partial charge in [0.2, 0.25) is 5.69 Å². The van der Waals surface area contributed by atoms with Gasteiger partial charge in [0.15, 0.2) is 5.75 Å². The second-order valence-electron chi connectivity index (χ2n) is 5.70. The molecule has 3 rings (SSSR count). The van der Waals surface area contributed by atoms with Crippen molar-refractivity contribution in [3.63, 3.8) is 0 Å². The first kappa shape index (κ1) is 19.6. The first-order chi connectivity index (χ1) is 13.5. The zero-order valence-electron chi connectivity index (χ0n) is 14.9. The number of carbonyl (C=O) groups excluding carboxylic acids is 1. The van der Waals surface area contributed by atoms with Gasteiger partial charge in [-0.1, -0.05) is 35.9 Å². The van der Waals surface area contributed by atoms with Gasteiger partial charge in [0.1, 0.15) is 12.4 Å². The fourth-order valence-corrected chi connectivity index (χ4v) is 2.69. The molecule has 0 atom stereocenters. The molecule has 2 aromatic carbocycles. The summed E-state index contributed by atoms with van der Waals surface area (Å²) >= 11 is 6.14. The summed E-state index contributed by atoms with van der Waals surface area (Å²) in [4.78, 5) is 24.9. The molecule has 0 saturated heterocycles. The zero-order chi connectivity index (χ0) is 20.1. The molecule has 0 N–H and O–H groups in total. The standard InChI is InChI=1S/C20H16ClFN2O4/c1-2-27-20(26)19-17(28-12-13-6-5-7-14(22)10-13)11-18(25)24(23-19)16-9-4-3-8-15(16)21/h3-11H,2,12H2,1H3. The van der Waals surface area contributed by atoms with Crippen LogP contribution in [0.1, 0.15) is 23.0 Å². The number of ether oxygens (including phenoxy) is 2. The van der Waals surface area contributed by atoms with Crippen molar-refractivity contribution in [3.05, 3.63) is 87.0 Å². The van der Waals surface area contributed by atoms with Gasteiger partial charge in [0, 0.05) is 0 Å². The number of rotatable bonds is 6. The van der Waals surface area contributed by atoms with Gasteiger partial charge in [-0.15, -0.1) is 0 Å². The van der Waals surface area contributed by atoms with Crippen molar-refractivity contribution in [2.45, 2.75) is 13.5 Å². The molecule has 3 aromatic rings. The van der Waals surface area contributed by atoms with Crippen LogP contribution in [-0.2, 0) is 11.3 Å². The molecule has 28 heavy (non-hydrogen) atoms. The maximum Gasteiger partial charge on any atom is 0.362 e. The van der Waals surface area contributed by atoms with Crippen LogP contribution in [0, 0.1) is 5.82 Å². The summed E-state index contributed by atoms with van der Waals surface area (Å²) in [5, 5.41) is 4.39. The molecule has 0 fully saturated rings. The summed E-state index contributed by atoms with van der Waals surface area (Å²) in [5.41, 5.74) is 0.120. The third-order valence-electron chi connectivity index (χ3n) is 3.73. The third-order valence-corrected chi connectivity index (χ3v) is 4.05. The largest absolute Gasteiger partial charge is 0.486 e. The van der Waals surface area contributed by atoms with Gasteiger partial charge in [-0.2, -0.15) is 9.78 Å². The van der Waals surface area contributed by atoms with Gasteiger partial charge in [0.25, 0.3) is 5.56 Å². The van der Waals surface area contributed by atoms with Crippen molar-refractivity contribution in [2.24, 2.45) is 0 Å². The highest BCUT2D eigenvalue weighted by Gasteiger charge is 2.20. The van der Waals surface area contributed by atoms with Gasteiger partial charge in [0.05, 0.1) is 23.4 Å². The van der Waals surface area contributed by atoms with Crippen molar-refractivity contribution < 1.29 is 18.7 Å². The Morgan fingerprint density at radius 2 is 1.96 bits per heavy atom. The van der Waals surface area contributed by atoms with E-state index in [-0.39, 0.29) is 24.7 Å². The smallest absolute Gasteiger partial charge is 0.362 e. The number of hydrogen-bond donors (Lipinski definition) is 0. The fourth-order valence-electron chi connectivity index (χ4n) is 2.48. The molecule has 0 aliphatic carbocycles. The second kappa shape index (κ2) is 8.67. The minimum Gasteiger partial charge on any atom is -0.486 e.